The van der Waals surface area contributed by atoms with Crippen LogP contribution in [0.2, 0.25) is 0 Å². The number of hydrogen-bond acceptors (Lipinski definition) is 2. The summed E-state index contributed by atoms with van der Waals surface area (Å²) in [6.07, 6.45) is 0. The summed E-state index contributed by atoms with van der Waals surface area (Å²) in [5.41, 5.74) is 1.23. The average molecular weight is 370 g/mol. The van der Waals surface area contributed by atoms with E-state index in [-0.39, 0.29) is 5.78 Å². The summed E-state index contributed by atoms with van der Waals surface area (Å²) in [4.78, 5) is 12.4. The number of ketones is 1. The molecule has 0 unspecified atom stereocenters. The van der Waals surface area contributed by atoms with Gasteiger partial charge < -0.3 is 4.74 Å². The lowest BCUT2D eigenvalue weighted by molar-refractivity contribution is 0.103. The molecule has 0 N–H and O–H groups in total. The third kappa shape index (κ3) is 2.82. The van der Waals surface area contributed by atoms with Crippen molar-refractivity contribution in [2.24, 2.45) is 0 Å². The number of methoxy groups -OCH3 is 1. The predicted octanol–water partition coefficient (Wildman–Crippen LogP) is 4.45. The molecule has 0 aromatic heterocycles. The summed E-state index contributed by atoms with van der Waals surface area (Å²) in [7, 11) is 1.58. The van der Waals surface area contributed by atoms with Crippen LogP contribution in [0.15, 0.2) is 51.4 Å². The second-order valence-electron chi connectivity index (χ2n) is 3.69. The van der Waals surface area contributed by atoms with E-state index in [2.05, 4.69) is 31.9 Å². The Hall–Kier alpha value is -1.13. The summed E-state index contributed by atoms with van der Waals surface area (Å²) >= 11 is 6.75. The quantitative estimate of drug-likeness (QED) is 0.747. The number of carbonyl (C=O) groups is 1. The van der Waals surface area contributed by atoms with E-state index in [0.717, 1.165) is 8.95 Å². The van der Waals surface area contributed by atoms with Crippen LogP contribution in [0, 0.1) is 0 Å². The van der Waals surface area contributed by atoms with Crippen LogP contribution >= 0.6 is 31.9 Å². The Morgan fingerprint density at radius 1 is 1.11 bits per heavy atom. The van der Waals surface area contributed by atoms with Gasteiger partial charge in [0.1, 0.15) is 5.75 Å². The van der Waals surface area contributed by atoms with Crippen LogP contribution in [-0.4, -0.2) is 12.9 Å². The molecule has 0 radical (unpaired) electrons. The van der Waals surface area contributed by atoms with Gasteiger partial charge in [0.25, 0.3) is 0 Å². The fourth-order valence-corrected chi connectivity index (χ4v) is 2.42. The third-order valence-corrected chi connectivity index (χ3v) is 3.69. The van der Waals surface area contributed by atoms with Gasteiger partial charge in [-0.1, -0.05) is 44.0 Å². The van der Waals surface area contributed by atoms with Crippen LogP contribution in [-0.2, 0) is 0 Å². The van der Waals surface area contributed by atoms with E-state index in [1.54, 1.807) is 25.3 Å². The van der Waals surface area contributed by atoms with Crippen molar-refractivity contribution in [2.75, 3.05) is 7.11 Å². The number of rotatable bonds is 3. The Bertz CT molecular complexity index is 594. The van der Waals surface area contributed by atoms with Crippen molar-refractivity contribution in [3.63, 3.8) is 0 Å². The summed E-state index contributed by atoms with van der Waals surface area (Å²) < 4.78 is 6.78. The molecular formula is C14H10Br2O2. The lowest BCUT2D eigenvalue weighted by Gasteiger charge is -2.07. The van der Waals surface area contributed by atoms with Crippen molar-refractivity contribution in [2.45, 2.75) is 0 Å². The molecule has 2 aromatic rings. The molecule has 0 aliphatic rings. The summed E-state index contributed by atoms with van der Waals surface area (Å²) in [6, 6.07) is 12.7. The standard InChI is InChI=1S/C14H10Br2O2/c1-18-11-5-6-13(16)12(8-11)14(17)9-3-2-4-10(15)7-9/h2-8H,1H3. The molecular weight excluding hydrogens is 360 g/mol. The van der Waals surface area contributed by atoms with E-state index < -0.39 is 0 Å². The zero-order valence-electron chi connectivity index (χ0n) is 9.61. The van der Waals surface area contributed by atoms with E-state index in [1.807, 2.05) is 24.3 Å². The molecule has 0 amide bonds. The monoisotopic (exact) mass is 368 g/mol. The topological polar surface area (TPSA) is 26.3 Å². The smallest absolute Gasteiger partial charge is 0.194 e. The highest BCUT2D eigenvalue weighted by Crippen LogP contribution is 2.25. The van der Waals surface area contributed by atoms with E-state index in [1.165, 1.54) is 0 Å². The average Bonchev–Trinajstić information content (AvgIpc) is 2.38. The maximum Gasteiger partial charge on any atom is 0.194 e. The fourth-order valence-electron chi connectivity index (χ4n) is 1.59. The first-order chi connectivity index (χ1) is 8.61. The molecule has 2 aromatic carbocycles. The first-order valence-corrected chi connectivity index (χ1v) is 6.84. The second-order valence-corrected chi connectivity index (χ2v) is 5.46. The van der Waals surface area contributed by atoms with Crippen LogP contribution in [0.5, 0.6) is 5.75 Å². The molecule has 2 rings (SSSR count). The molecule has 0 saturated carbocycles. The van der Waals surface area contributed by atoms with Gasteiger partial charge in [-0.2, -0.15) is 0 Å². The van der Waals surface area contributed by atoms with E-state index in [9.17, 15) is 4.79 Å². The van der Waals surface area contributed by atoms with Crippen molar-refractivity contribution in [3.05, 3.63) is 62.5 Å². The van der Waals surface area contributed by atoms with Gasteiger partial charge in [0.15, 0.2) is 5.78 Å². The van der Waals surface area contributed by atoms with Crippen LogP contribution in [0.3, 0.4) is 0 Å². The van der Waals surface area contributed by atoms with Gasteiger partial charge in [-0.25, -0.2) is 0 Å². The Balaban J connectivity index is 2.45. The van der Waals surface area contributed by atoms with E-state index >= 15 is 0 Å². The molecule has 0 heterocycles. The van der Waals surface area contributed by atoms with Gasteiger partial charge in [0.2, 0.25) is 0 Å². The Kier molecular flexibility index (Phi) is 4.19. The summed E-state index contributed by atoms with van der Waals surface area (Å²) in [5.74, 6) is 0.624. The van der Waals surface area contributed by atoms with Gasteiger partial charge in [-0.05, 0) is 30.3 Å². The number of benzene rings is 2. The molecule has 18 heavy (non-hydrogen) atoms. The van der Waals surface area contributed by atoms with Crippen LogP contribution < -0.4 is 4.74 Å². The van der Waals surface area contributed by atoms with Gasteiger partial charge in [-0.15, -0.1) is 0 Å². The first kappa shape index (κ1) is 13.3. The highest BCUT2D eigenvalue weighted by atomic mass is 79.9. The number of hydrogen-bond donors (Lipinski definition) is 0. The largest absolute Gasteiger partial charge is 0.497 e. The predicted molar refractivity (Wildman–Crippen MR) is 78.3 cm³/mol. The highest BCUT2D eigenvalue weighted by Gasteiger charge is 2.13. The number of ether oxygens (including phenoxy) is 1. The molecule has 0 aliphatic carbocycles. The summed E-state index contributed by atoms with van der Waals surface area (Å²) in [5, 5.41) is 0. The van der Waals surface area contributed by atoms with Crippen LogP contribution in [0.1, 0.15) is 15.9 Å². The molecule has 4 heteroatoms. The molecule has 0 atom stereocenters. The lowest BCUT2D eigenvalue weighted by atomic mass is 10.0. The SMILES string of the molecule is COc1ccc(Br)c(C(=O)c2cccc(Br)c2)c1. The zero-order valence-corrected chi connectivity index (χ0v) is 12.8. The molecule has 2 nitrogen and oxygen atoms in total. The highest BCUT2D eigenvalue weighted by molar-refractivity contribution is 9.10. The minimum Gasteiger partial charge on any atom is -0.497 e. The molecule has 0 aliphatic heterocycles. The van der Waals surface area contributed by atoms with E-state index in [0.29, 0.717) is 16.9 Å². The van der Waals surface area contributed by atoms with Crippen molar-refractivity contribution >= 4 is 37.6 Å². The molecule has 0 spiro atoms. The maximum absolute atomic E-state index is 12.4. The van der Waals surface area contributed by atoms with Crippen LogP contribution in [0.4, 0.5) is 0 Å². The molecule has 0 bridgehead atoms. The maximum atomic E-state index is 12.4. The first-order valence-electron chi connectivity index (χ1n) is 5.25. The minimum atomic E-state index is -0.0397. The lowest BCUT2D eigenvalue weighted by Crippen LogP contribution is -2.02. The Morgan fingerprint density at radius 3 is 2.56 bits per heavy atom. The zero-order chi connectivity index (χ0) is 13.1. The molecule has 0 saturated heterocycles. The summed E-state index contributed by atoms with van der Waals surface area (Å²) in [6.45, 7) is 0. The van der Waals surface area contributed by atoms with Crippen molar-refractivity contribution in [3.8, 4) is 5.75 Å². The fraction of sp³-hybridized carbons (Fsp3) is 0.0714. The second kappa shape index (κ2) is 5.67. The number of carbonyl (C=O) groups excluding carboxylic acids is 1. The van der Waals surface area contributed by atoms with Crippen molar-refractivity contribution in [1.29, 1.82) is 0 Å². The Morgan fingerprint density at radius 2 is 1.89 bits per heavy atom. The normalized spacial score (nSPS) is 10.2. The molecule has 92 valence electrons. The Labute approximate surface area is 122 Å². The number of halogens is 2. The van der Waals surface area contributed by atoms with Gasteiger partial charge in [-0.3, -0.25) is 4.79 Å². The van der Waals surface area contributed by atoms with Gasteiger partial charge in [0, 0.05) is 20.1 Å². The van der Waals surface area contributed by atoms with Gasteiger partial charge >= 0.3 is 0 Å². The van der Waals surface area contributed by atoms with E-state index in [4.69, 9.17) is 4.74 Å². The van der Waals surface area contributed by atoms with Crippen LogP contribution in [0.25, 0.3) is 0 Å². The van der Waals surface area contributed by atoms with Gasteiger partial charge in [0.05, 0.1) is 7.11 Å². The third-order valence-electron chi connectivity index (χ3n) is 2.50. The van der Waals surface area contributed by atoms with Crippen molar-refractivity contribution in [1.82, 2.24) is 0 Å². The minimum absolute atomic E-state index is 0.0397. The molecule has 0 fully saturated rings. The van der Waals surface area contributed by atoms with Crippen molar-refractivity contribution < 1.29 is 9.53 Å².